The van der Waals surface area contributed by atoms with Crippen LogP contribution in [0.3, 0.4) is 0 Å². The number of nitrogens with zero attached hydrogens (tertiary/aromatic N) is 2. The Bertz CT molecular complexity index is 422. The molecule has 3 rings (SSSR count). The first-order valence-corrected chi connectivity index (χ1v) is 6.92. The SMILES string of the molecule is C=CCN(c1ccncc1CNC1CC1)C1CC1. The number of hydrogen-bond donors (Lipinski definition) is 1. The summed E-state index contributed by atoms with van der Waals surface area (Å²) in [4.78, 5) is 6.74. The molecule has 0 saturated heterocycles. The standard InChI is InChI=1S/C15H21N3/c1-2-9-18(14-5-6-14)15-7-8-16-10-12(15)11-17-13-3-4-13/h2,7-8,10,13-14,17H,1,3-6,9,11H2. The van der Waals surface area contributed by atoms with E-state index in [1.807, 2.05) is 18.5 Å². The van der Waals surface area contributed by atoms with E-state index in [0.29, 0.717) is 6.04 Å². The molecule has 96 valence electrons. The molecule has 0 radical (unpaired) electrons. The highest BCUT2D eigenvalue weighted by Gasteiger charge is 2.30. The second-order valence-corrected chi connectivity index (χ2v) is 5.33. The van der Waals surface area contributed by atoms with E-state index in [2.05, 4.69) is 27.8 Å². The van der Waals surface area contributed by atoms with Crippen molar-refractivity contribution in [2.75, 3.05) is 11.4 Å². The highest BCUT2D eigenvalue weighted by atomic mass is 15.2. The summed E-state index contributed by atoms with van der Waals surface area (Å²) in [6.07, 6.45) is 11.2. The lowest BCUT2D eigenvalue weighted by molar-refractivity contribution is 0.682. The normalized spacial score (nSPS) is 18.7. The molecule has 18 heavy (non-hydrogen) atoms. The molecule has 2 aliphatic carbocycles. The van der Waals surface area contributed by atoms with Gasteiger partial charge < -0.3 is 10.2 Å². The van der Waals surface area contributed by atoms with Gasteiger partial charge in [0.05, 0.1) is 0 Å². The van der Waals surface area contributed by atoms with Crippen LogP contribution in [0.4, 0.5) is 5.69 Å². The van der Waals surface area contributed by atoms with Gasteiger partial charge in [0.15, 0.2) is 0 Å². The fraction of sp³-hybridized carbons (Fsp3) is 0.533. The van der Waals surface area contributed by atoms with Gasteiger partial charge in [-0.1, -0.05) is 6.08 Å². The lowest BCUT2D eigenvalue weighted by atomic mass is 10.2. The highest BCUT2D eigenvalue weighted by molar-refractivity contribution is 5.54. The van der Waals surface area contributed by atoms with Crippen LogP contribution in [0.15, 0.2) is 31.1 Å². The lowest BCUT2D eigenvalue weighted by Crippen LogP contribution is -2.28. The second kappa shape index (κ2) is 5.11. The average Bonchev–Trinajstić information content (AvgIpc) is 3.28. The van der Waals surface area contributed by atoms with Crippen molar-refractivity contribution >= 4 is 5.69 Å². The summed E-state index contributed by atoms with van der Waals surface area (Å²) in [6.45, 7) is 5.75. The molecule has 0 spiro atoms. The fourth-order valence-electron chi connectivity index (χ4n) is 2.35. The Balaban J connectivity index is 1.76. The minimum Gasteiger partial charge on any atom is -0.364 e. The van der Waals surface area contributed by atoms with E-state index in [-0.39, 0.29) is 0 Å². The molecule has 0 aliphatic heterocycles. The predicted octanol–water partition coefficient (Wildman–Crippen LogP) is 2.49. The highest BCUT2D eigenvalue weighted by Crippen LogP contribution is 2.33. The van der Waals surface area contributed by atoms with Crippen LogP contribution < -0.4 is 10.2 Å². The Morgan fingerprint density at radius 2 is 2.22 bits per heavy atom. The largest absolute Gasteiger partial charge is 0.364 e. The summed E-state index contributed by atoms with van der Waals surface area (Å²) in [7, 11) is 0. The Morgan fingerprint density at radius 3 is 2.89 bits per heavy atom. The smallest absolute Gasteiger partial charge is 0.0448 e. The van der Waals surface area contributed by atoms with Crippen LogP contribution in [0.2, 0.25) is 0 Å². The molecule has 3 heteroatoms. The number of anilines is 1. The van der Waals surface area contributed by atoms with Gasteiger partial charge in [-0.3, -0.25) is 4.98 Å². The van der Waals surface area contributed by atoms with E-state index in [0.717, 1.165) is 19.1 Å². The van der Waals surface area contributed by atoms with Crippen molar-refractivity contribution in [1.82, 2.24) is 10.3 Å². The molecule has 0 atom stereocenters. The molecule has 3 nitrogen and oxygen atoms in total. The Hall–Kier alpha value is -1.35. The summed E-state index contributed by atoms with van der Waals surface area (Å²) in [5, 5.41) is 3.58. The maximum Gasteiger partial charge on any atom is 0.0448 e. The molecule has 0 unspecified atom stereocenters. The molecule has 0 bridgehead atoms. The van der Waals surface area contributed by atoms with Gasteiger partial charge in [-0.05, 0) is 31.7 Å². The van der Waals surface area contributed by atoms with Gasteiger partial charge in [0.1, 0.15) is 0 Å². The molecule has 1 aromatic heterocycles. The van der Waals surface area contributed by atoms with Crippen molar-refractivity contribution in [3.8, 4) is 0 Å². The first kappa shape index (κ1) is 11.7. The van der Waals surface area contributed by atoms with Crippen LogP contribution in [-0.2, 0) is 6.54 Å². The van der Waals surface area contributed by atoms with Gasteiger partial charge in [-0.15, -0.1) is 6.58 Å². The molecule has 1 N–H and O–H groups in total. The first-order chi connectivity index (χ1) is 8.88. The van der Waals surface area contributed by atoms with Crippen molar-refractivity contribution in [3.05, 3.63) is 36.7 Å². The van der Waals surface area contributed by atoms with Crippen molar-refractivity contribution in [1.29, 1.82) is 0 Å². The molecular weight excluding hydrogens is 222 g/mol. The molecule has 0 amide bonds. The van der Waals surface area contributed by atoms with Crippen molar-refractivity contribution in [2.45, 2.75) is 44.3 Å². The van der Waals surface area contributed by atoms with Crippen LogP contribution in [0, 0.1) is 0 Å². The monoisotopic (exact) mass is 243 g/mol. The van der Waals surface area contributed by atoms with Gasteiger partial charge in [0.25, 0.3) is 0 Å². The van der Waals surface area contributed by atoms with E-state index in [9.17, 15) is 0 Å². The predicted molar refractivity (Wildman–Crippen MR) is 74.7 cm³/mol. The zero-order valence-electron chi connectivity index (χ0n) is 10.8. The fourth-order valence-corrected chi connectivity index (χ4v) is 2.35. The van der Waals surface area contributed by atoms with Crippen LogP contribution in [-0.4, -0.2) is 23.6 Å². The molecule has 1 heterocycles. The molecule has 2 saturated carbocycles. The van der Waals surface area contributed by atoms with Crippen LogP contribution in [0.5, 0.6) is 0 Å². The van der Waals surface area contributed by atoms with Gasteiger partial charge in [-0.25, -0.2) is 0 Å². The van der Waals surface area contributed by atoms with Crippen LogP contribution in [0.1, 0.15) is 31.2 Å². The summed E-state index contributed by atoms with van der Waals surface area (Å²) in [5.41, 5.74) is 2.65. The third-order valence-corrected chi connectivity index (χ3v) is 3.66. The summed E-state index contributed by atoms with van der Waals surface area (Å²) in [5.74, 6) is 0. The van der Waals surface area contributed by atoms with E-state index >= 15 is 0 Å². The first-order valence-electron chi connectivity index (χ1n) is 6.92. The number of hydrogen-bond acceptors (Lipinski definition) is 3. The summed E-state index contributed by atoms with van der Waals surface area (Å²) in [6, 6.07) is 3.60. The third-order valence-electron chi connectivity index (χ3n) is 3.66. The van der Waals surface area contributed by atoms with Crippen molar-refractivity contribution in [3.63, 3.8) is 0 Å². The average molecular weight is 243 g/mol. The van der Waals surface area contributed by atoms with E-state index in [1.54, 1.807) is 0 Å². The summed E-state index contributed by atoms with van der Waals surface area (Å²) < 4.78 is 0. The number of rotatable bonds is 7. The maximum atomic E-state index is 4.27. The second-order valence-electron chi connectivity index (χ2n) is 5.33. The Labute approximate surface area is 109 Å². The van der Waals surface area contributed by atoms with Crippen molar-refractivity contribution in [2.24, 2.45) is 0 Å². The number of pyridine rings is 1. The van der Waals surface area contributed by atoms with Crippen LogP contribution in [0.25, 0.3) is 0 Å². The van der Waals surface area contributed by atoms with Gasteiger partial charge in [-0.2, -0.15) is 0 Å². The minimum atomic E-state index is 0.713. The third kappa shape index (κ3) is 2.72. The molecular formula is C15H21N3. The zero-order valence-corrected chi connectivity index (χ0v) is 10.8. The van der Waals surface area contributed by atoms with Crippen molar-refractivity contribution < 1.29 is 0 Å². The Kier molecular flexibility index (Phi) is 3.33. The number of aromatic nitrogens is 1. The van der Waals surface area contributed by atoms with E-state index in [4.69, 9.17) is 0 Å². The Morgan fingerprint density at radius 1 is 1.39 bits per heavy atom. The van der Waals surface area contributed by atoms with E-state index in [1.165, 1.54) is 36.9 Å². The van der Waals surface area contributed by atoms with Gasteiger partial charge in [0, 0.05) is 48.8 Å². The molecule has 1 aromatic rings. The zero-order chi connectivity index (χ0) is 12.4. The minimum absolute atomic E-state index is 0.713. The maximum absolute atomic E-state index is 4.27. The topological polar surface area (TPSA) is 28.2 Å². The summed E-state index contributed by atoms with van der Waals surface area (Å²) >= 11 is 0. The quantitative estimate of drug-likeness (QED) is 0.746. The number of nitrogens with one attached hydrogen (secondary N) is 1. The van der Waals surface area contributed by atoms with Gasteiger partial charge in [0.2, 0.25) is 0 Å². The van der Waals surface area contributed by atoms with E-state index < -0.39 is 0 Å². The van der Waals surface area contributed by atoms with Gasteiger partial charge >= 0.3 is 0 Å². The molecule has 2 aliphatic rings. The lowest BCUT2D eigenvalue weighted by Gasteiger charge is -2.25. The molecule has 2 fully saturated rings. The molecule has 0 aromatic carbocycles. The van der Waals surface area contributed by atoms with Crippen LogP contribution >= 0.6 is 0 Å².